The summed E-state index contributed by atoms with van der Waals surface area (Å²) in [4.78, 5) is 4.68. The maximum atomic E-state index is 6.30. The highest BCUT2D eigenvalue weighted by Crippen LogP contribution is 2.27. The molecule has 0 aliphatic carbocycles. The highest BCUT2D eigenvalue weighted by atomic mass is 35.5. The molecule has 1 heterocycles. The van der Waals surface area contributed by atoms with Crippen LogP contribution in [-0.2, 0) is 6.54 Å². The van der Waals surface area contributed by atoms with E-state index in [0.717, 1.165) is 41.4 Å². The Bertz CT molecular complexity index is 531. The monoisotopic (exact) mass is 265 g/mol. The van der Waals surface area contributed by atoms with Crippen molar-refractivity contribution in [1.29, 1.82) is 0 Å². The third kappa shape index (κ3) is 2.52. The van der Waals surface area contributed by atoms with Crippen LogP contribution in [0.1, 0.15) is 39.1 Å². The lowest BCUT2D eigenvalue weighted by atomic mass is 10.3. The Morgan fingerprint density at radius 3 is 2.83 bits per heavy atom. The van der Waals surface area contributed by atoms with Crippen molar-refractivity contribution in [2.75, 3.05) is 6.54 Å². The number of rotatable bonds is 5. The molecule has 0 saturated carbocycles. The molecule has 4 heteroatoms. The Morgan fingerprint density at radius 1 is 1.39 bits per heavy atom. The van der Waals surface area contributed by atoms with Crippen LogP contribution in [0.5, 0.6) is 0 Å². The molecule has 0 radical (unpaired) electrons. The first kappa shape index (κ1) is 13.4. The molecule has 0 aliphatic heterocycles. The molecule has 0 bridgehead atoms. The molecular weight excluding hydrogens is 246 g/mol. The van der Waals surface area contributed by atoms with Gasteiger partial charge in [0.1, 0.15) is 5.82 Å². The van der Waals surface area contributed by atoms with Crippen LogP contribution in [0.25, 0.3) is 11.0 Å². The molecule has 0 spiro atoms. The van der Waals surface area contributed by atoms with Gasteiger partial charge in [0.15, 0.2) is 0 Å². The van der Waals surface area contributed by atoms with Crippen molar-refractivity contribution in [2.45, 2.75) is 39.8 Å². The molecule has 3 nitrogen and oxygen atoms in total. The molecular formula is C14H20ClN3. The molecule has 98 valence electrons. The van der Waals surface area contributed by atoms with E-state index in [0.29, 0.717) is 6.04 Å². The Labute approximate surface area is 113 Å². The third-order valence-electron chi connectivity index (χ3n) is 2.96. The Hall–Kier alpha value is -1.06. The molecule has 0 atom stereocenters. The predicted molar refractivity (Wildman–Crippen MR) is 77.1 cm³/mol. The van der Waals surface area contributed by atoms with E-state index in [2.05, 4.69) is 35.6 Å². The molecule has 1 aromatic carbocycles. The molecule has 1 aromatic heterocycles. The van der Waals surface area contributed by atoms with E-state index in [1.165, 1.54) is 0 Å². The molecule has 2 aromatic rings. The zero-order valence-electron chi connectivity index (χ0n) is 11.2. The summed E-state index contributed by atoms with van der Waals surface area (Å²) in [5.41, 5.74) is 2.02. The van der Waals surface area contributed by atoms with E-state index in [1.54, 1.807) is 0 Å². The Kier molecular flexibility index (Phi) is 4.25. The average molecular weight is 266 g/mol. The summed E-state index contributed by atoms with van der Waals surface area (Å²) in [7, 11) is 0. The van der Waals surface area contributed by atoms with Gasteiger partial charge in [0.25, 0.3) is 0 Å². The fourth-order valence-electron chi connectivity index (χ4n) is 2.21. The predicted octanol–water partition coefficient (Wildman–Crippen LogP) is 3.77. The van der Waals surface area contributed by atoms with Crippen LogP contribution in [0.2, 0.25) is 5.02 Å². The first-order valence-electron chi connectivity index (χ1n) is 6.51. The summed E-state index contributed by atoms with van der Waals surface area (Å²) >= 11 is 6.30. The van der Waals surface area contributed by atoms with E-state index in [1.807, 2.05) is 18.2 Å². The summed E-state index contributed by atoms with van der Waals surface area (Å²) in [5, 5.41) is 4.17. The quantitative estimate of drug-likeness (QED) is 0.834. The lowest BCUT2D eigenvalue weighted by Crippen LogP contribution is -2.18. The van der Waals surface area contributed by atoms with Crippen molar-refractivity contribution in [3.8, 4) is 0 Å². The number of nitrogens with zero attached hydrogens (tertiary/aromatic N) is 2. The molecule has 0 saturated heterocycles. The highest BCUT2D eigenvalue weighted by molar-refractivity contribution is 6.35. The third-order valence-corrected chi connectivity index (χ3v) is 3.27. The minimum absolute atomic E-state index is 0.355. The van der Waals surface area contributed by atoms with Gasteiger partial charge in [-0.25, -0.2) is 4.98 Å². The summed E-state index contributed by atoms with van der Waals surface area (Å²) in [5.74, 6) is 1.06. The van der Waals surface area contributed by atoms with Crippen molar-refractivity contribution in [3.63, 3.8) is 0 Å². The second kappa shape index (κ2) is 5.72. The maximum Gasteiger partial charge on any atom is 0.124 e. The smallest absolute Gasteiger partial charge is 0.124 e. The molecule has 2 rings (SSSR count). The number of fused-ring (bicyclic) bond motifs is 1. The zero-order valence-corrected chi connectivity index (χ0v) is 12.0. The second-order valence-corrected chi connectivity index (χ2v) is 5.18. The number of halogens is 1. The summed E-state index contributed by atoms with van der Waals surface area (Å²) in [6.07, 6.45) is 1.13. The average Bonchev–Trinajstić information content (AvgIpc) is 2.69. The van der Waals surface area contributed by atoms with Crippen LogP contribution >= 0.6 is 11.6 Å². The molecule has 1 N–H and O–H groups in total. The number of hydrogen-bond acceptors (Lipinski definition) is 2. The Morgan fingerprint density at radius 2 is 2.17 bits per heavy atom. The zero-order chi connectivity index (χ0) is 13.1. The molecule has 0 unspecified atom stereocenters. The van der Waals surface area contributed by atoms with Gasteiger partial charge in [0, 0.05) is 6.04 Å². The van der Waals surface area contributed by atoms with Gasteiger partial charge in [-0.1, -0.05) is 24.6 Å². The van der Waals surface area contributed by atoms with E-state index in [4.69, 9.17) is 11.6 Å². The van der Waals surface area contributed by atoms with Crippen molar-refractivity contribution in [3.05, 3.63) is 29.0 Å². The van der Waals surface area contributed by atoms with Crippen LogP contribution in [0, 0.1) is 0 Å². The van der Waals surface area contributed by atoms with Crippen LogP contribution in [-0.4, -0.2) is 16.1 Å². The van der Waals surface area contributed by atoms with E-state index in [-0.39, 0.29) is 0 Å². The number of imidazole rings is 1. The summed E-state index contributed by atoms with van der Waals surface area (Å²) in [6, 6.07) is 6.25. The first-order valence-corrected chi connectivity index (χ1v) is 6.89. The van der Waals surface area contributed by atoms with E-state index < -0.39 is 0 Å². The Balaban J connectivity index is 2.45. The topological polar surface area (TPSA) is 29.9 Å². The summed E-state index contributed by atoms with van der Waals surface area (Å²) < 4.78 is 2.22. The van der Waals surface area contributed by atoms with E-state index in [9.17, 15) is 0 Å². The minimum Gasteiger partial charge on any atom is -0.323 e. The SMILES string of the molecule is CCCNCc1nc2cccc(Cl)c2n1C(C)C. The van der Waals surface area contributed by atoms with Crippen molar-refractivity contribution in [2.24, 2.45) is 0 Å². The molecule has 0 aliphatic rings. The van der Waals surface area contributed by atoms with Gasteiger partial charge in [-0.05, 0) is 38.9 Å². The normalized spacial score (nSPS) is 11.6. The van der Waals surface area contributed by atoms with E-state index >= 15 is 0 Å². The van der Waals surface area contributed by atoms with Crippen molar-refractivity contribution in [1.82, 2.24) is 14.9 Å². The van der Waals surface area contributed by atoms with Gasteiger partial charge < -0.3 is 9.88 Å². The highest BCUT2D eigenvalue weighted by Gasteiger charge is 2.14. The van der Waals surface area contributed by atoms with Gasteiger partial charge in [0.05, 0.1) is 22.6 Å². The van der Waals surface area contributed by atoms with Gasteiger partial charge in [-0.15, -0.1) is 0 Å². The fourth-order valence-corrected chi connectivity index (χ4v) is 2.47. The van der Waals surface area contributed by atoms with Crippen LogP contribution in [0.4, 0.5) is 0 Å². The lowest BCUT2D eigenvalue weighted by Gasteiger charge is -2.14. The van der Waals surface area contributed by atoms with Gasteiger partial charge in [-0.2, -0.15) is 0 Å². The summed E-state index contributed by atoms with van der Waals surface area (Å²) in [6.45, 7) is 8.28. The second-order valence-electron chi connectivity index (χ2n) is 4.78. The fraction of sp³-hybridized carbons (Fsp3) is 0.500. The number of aromatic nitrogens is 2. The largest absolute Gasteiger partial charge is 0.323 e. The maximum absolute atomic E-state index is 6.30. The van der Waals surface area contributed by atoms with Gasteiger partial charge >= 0.3 is 0 Å². The van der Waals surface area contributed by atoms with Crippen LogP contribution < -0.4 is 5.32 Å². The lowest BCUT2D eigenvalue weighted by molar-refractivity contribution is 0.553. The van der Waals surface area contributed by atoms with Gasteiger partial charge in [0.2, 0.25) is 0 Å². The number of hydrogen-bond donors (Lipinski definition) is 1. The van der Waals surface area contributed by atoms with Crippen LogP contribution in [0.3, 0.4) is 0 Å². The van der Waals surface area contributed by atoms with Crippen molar-refractivity contribution < 1.29 is 0 Å². The van der Waals surface area contributed by atoms with Crippen molar-refractivity contribution >= 4 is 22.6 Å². The number of benzene rings is 1. The molecule has 0 amide bonds. The first-order chi connectivity index (χ1) is 8.65. The number of para-hydroxylation sites is 1. The molecule has 0 fully saturated rings. The van der Waals surface area contributed by atoms with Gasteiger partial charge in [-0.3, -0.25) is 0 Å². The number of nitrogens with one attached hydrogen (secondary N) is 1. The standard InChI is InChI=1S/C14H20ClN3/c1-4-8-16-9-13-17-12-7-5-6-11(15)14(12)18(13)10(2)3/h5-7,10,16H,4,8-9H2,1-3H3. The molecule has 18 heavy (non-hydrogen) atoms. The van der Waals surface area contributed by atoms with Crippen LogP contribution in [0.15, 0.2) is 18.2 Å². The minimum atomic E-state index is 0.355.